The van der Waals surface area contributed by atoms with E-state index in [1.165, 1.54) is 0 Å². The molecule has 48 heavy (non-hydrogen) atoms. The summed E-state index contributed by atoms with van der Waals surface area (Å²) in [5.41, 5.74) is 4.66. The fourth-order valence-corrected chi connectivity index (χ4v) is 7.57. The van der Waals surface area contributed by atoms with Crippen LogP contribution in [0.15, 0.2) is 97.1 Å². The van der Waals surface area contributed by atoms with Gasteiger partial charge >= 0.3 is 11.9 Å². The van der Waals surface area contributed by atoms with Crippen molar-refractivity contribution in [2.45, 2.75) is 37.5 Å². The van der Waals surface area contributed by atoms with Crippen molar-refractivity contribution in [2.75, 3.05) is 26.2 Å². The van der Waals surface area contributed by atoms with Crippen molar-refractivity contribution in [3.05, 3.63) is 139 Å². The molecule has 250 valence electrons. The van der Waals surface area contributed by atoms with Gasteiger partial charge in [0.1, 0.15) is 0 Å². The number of hydrogen-bond donors (Lipinski definition) is 0. The first-order valence-electron chi connectivity index (χ1n) is 16.2. The topological polar surface area (TPSA) is 59.1 Å². The summed E-state index contributed by atoms with van der Waals surface area (Å²) >= 11 is 24.7. The lowest BCUT2D eigenvalue weighted by atomic mass is 9.76. The van der Waals surface area contributed by atoms with E-state index in [1.54, 1.807) is 10.1 Å². The van der Waals surface area contributed by atoms with E-state index in [2.05, 4.69) is 48.5 Å². The van der Waals surface area contributed by atoms with E-state index < -0.39 is 11.9 Å². The highest BCUT2D eigenvalue weighted by Crippen LogP contribution is 2.40. The quantitative estimate of drug-likeness (QED) is 0.169. The molecule has 0 bridgehead atoms. The molecule has 6 nitrogen and oxygen atoms in total. The largest absolute Gasteiger partial charge is 0.438 e. The molecular weight excluding hydrogens is 690 g/mol. The molecule has 0 N–H and O–H groups in total. The molecule has 4 aromatic rings. The molecule has 2 saturated heterocycles. The lowest BCUT2D eigenvalue weighted by molar-refractivity contribution is -0.223. The summed E-state index contributed by atoms with van der Waals surface area (Å²) in [6.45, 7) is 2.01. The predicted octanol–water partition coefficient (Wildman–Crippen LogP) is 9.60. The summed E-state index contributed by atoms with van der Waals surface area (Å²) in [7, 11) is 0. The number of benzene rings is 4. The summed E-state index contributed by atoms with van der Waals surface area (Å²) in [4.78, 5) is 36.6. The maximum atomic E-state index is 12.8. The molecular formula is C38H36Cl4N2O4. The van der Waals surface area contributed by atoms with Crippen molar-refractivity contribution in [3.8, 4) is 0 Å². The normalized spacial score (nSPS) is 16.7. The number of nitrogens with zero attached hydrogens (tertiary/aromatic N) is 2. The van der Waals surface area contributed by atoms with Crippen molar-refractivity contribution >= 4 is 58.3 Å². The molecule has 0 atom stereocenters. The van der Waals surface area contributed by atoms with Crippen molar-refractivity contribution in [2.24, 2.45) is 11.8 Å². The third-order valence-electron chi connectivity index (χ3n) is 9.45. The van der Waals surface area contributed by atoms with Crippen molar-refractivity contribution in [3.63, 3.8) is 0 Å². The summed E-state index contributed by atoms with van der Waals surface area (Å²) in [5.74, 6) is -1.18. The van der Waals surface area contributed by atoms with Gasteiger partial charge in [-0.2, -0.15) is 0 Å². The Morgan fingerprint density at radius 3 is 0.917 bits per heavy atom. The van der Waals surface area contributed by atoms with Gasteiger partial charge in [-0.05, 0) is 108 Å². The van der Waals surface area contributed by atoms with Crippen LogP contribution in [0.5, 0.6) is 0 Å². The van der Waals surface area contributed by atoms with E-state index in [0.29, 0.717) is 58.1 Å². The molecule has 4 aromatic carbocycles. The molecule has 2 aliphatic rings. The Kier molecular flexibility index (Phi) is 11.6. The van der Waals surface area contributed by atoms with E-state index in [9.17, 15) is 9.59 Å². The molecule has 0 aromatic heterocycles. The highest BCUT2D eigenvalue weighted by molar-refractivity contribution is 6.31. The number of rotatable bonds is 8. The van der Waals surface area contributed by atoms with Crippen LogP contribution in [0.3, 0.4) is 0 Å². The molecule has 0 amide bonds. The number of carbonyl (C=O) groups excluding carboxylic acids is 2. The number of carbonyl (C=O) groups is 2. The third kappa shape index (κ3) is 8.73. The monoisotopic (exact) mass is 724 g/mol. The average Bonchev–Trinajstić information content (AvgIpc) is 3.10. The summed E-state index contributed by atoms with van der Waals surface area (Å²) in [6, 6.07) is 31.7. The SMILES string of the molecule is O=C(ON1CCC(C(c2ccc(Cl)cc2)c2ccc(Cl)cc2)CC1)C(=O)ON1CCC(C(c2ccc(Cl)cc2)c2ccc(Cl)cc2)CC1. The fraction of sp³-hybridized carbons (Fsp3) is 0.316. The Balaban J connectivity index is 1.01. The summed E-state index contributed by atoms with van der Waals surface area (Å²) in [6.07, 6.45) is 3.09. The fourth-order valence-electron chi connectivity index (χ4n) is 7.06. The molecule has 0 aliphatic carbocycles. The van der Waals surface area contributed by atoms with Crippen molar-refractivity contribution in [1.29, 1.82) is 0 Å². The second kappa shape index (κ2) is 16.1. The smallest absolute Gasteiger partial charge is 0.359 e. The molecule has 0 spiro atoms. The van der Waals surface area contributed by atoms with E-state index in [1.807, 2.05) is 48.5 Å². The van der Waals surface area contributed by atoms with Crippen LogP contribution in [-0.4, -0.2) is 48.2 Å². The van der Waals surface area contributed by atoms with Gasteiger partial charge in [0.05, 0.1) is 0 Å². The van der Waals surface area contributed by atoms with E-state index in [4.69, 9.17) is 56.1 Å². The van der Waals surface area contributed by atoms with Crippen LogP contribution in [0.2, 0.25) is 20.1 Å². The van der Waals surface area contributed by atoms with Gasteiger partial charge in [-0.25, -0.2) is 9.59 Å². The minimum Gasteiger partial charge on any atom is -0.359 e. The van der Waals surface area contributed by atoms with Gasteiger partial charge in [0, 0.05) is 58.1 Å². The first kappa shape index (κ1) is 34.8. The Hall–Kier alpha value is -3.10. The van der Waals surface area contributed by atoms with Gasteiger partial charge in [0.15, 0.2) is 0 Å². The van der Waals surface area contributed by atoms with Crippen LogP contribution in [0.1, 0.15) is 59.8 Å². The van der Waals surface area contributed by atoms with Crippen LogP contribution >= 0.6 is 46.4 Å². The van der Waals surface area contributed by atoms with E-state index >= 15 is 0 Å². The molecule has 2 aliphatic heterocycles. The van der Waals surface area contributed by atoms with Crippen molar-refractivity contribution < 1.29 is 19.3 Å². The van der Waals surface area contributed by atoms with Crippen LogP contribution in [0, 0.1) is 11.8 Å². The Morgan fingerprint density at radius 1 is 0.458 bits per heavy atom. The first-order chi connectivity index (χ1) is 23.2. The second-order valence-corrected chi connectivity index (χ2v) is 14.2. The Labute approximate surface area is 301 Å². The minimum atomic E-state index is -1.01. The molecule has 2 heterocycles. The van der Waals surface area contributed by atoms with Gasteiger partial charge in [0.2, 0.25) is 0 Å². The molecule has 0 radical (unpaired) electrons. The lowest BCUT2D eigenvalue weighted by Crippen LogP contribution is -2.42. The van der Waals surface area contributed by atoms with Crippen LogP contribution < -0.4 is 0 Å². The van der Waals surface area contributed by atoms with Gasteiger partial charge in [0.25, 0.3) is 0 Å². The Morgan fingerprint density at radius 2 is 0.688 bits per heavy atom. The molecule has 6 rings (SSSR count). The first-order valence-corrected chi connectivity index (χ1v) is 17.7. The van der Waals surface area contributed by atoms with Crippen LogP contribution in [0.4, 0.5) is 0 Å². The molecule has 10 heteroatoms. The van der Waals surface area contributed by atoms with Crippen LogP contribution in [0.25, 0.3) is 0 Å². The number of hydroxylamine groups is 4. The number of halogens is 4. The van der Waals surface area contributed by atoms with Gasteiger partial charge in [-0.15, -0.1) is 10.1 Å². The molecule has 0 unspecified atom stereocenters. The highest BCUT2D eigenvalue weighted by atomic mass is 35.5. The zero-order valence-corrected chi connectivity index (χ0v) is 29.3. The minimum absolute atomic E-state index is 0.129. The average molecular weight is 727 g/mol. The second-order valence-electron chi connectivity index (χ2n) is 12.5. The van der Waals surface area contributed by atoms with E-state index in [0.717, 1.165) is 47.9 Å². The zero-order chi connectivity index (χ0) is 33.6. The summed E-state index contributed by atoms with van der Waals surface area (Å²) < 4.78 is 0. The Bertz CT molecular complexity index is 1450. The van der Waals surface area contributed by atoms with Gasteiger partial charge in [-0.3, -0.25) is 0 Å². The number of hydrogen-bond acceptors (Lipinski definition) is 6. The van der Waals surface area contributed by atoms with Crippen molar-refractivity contribution in [1.82, 2.24) is 10.1 Å². The molecule has 0 saturated carbocycles. The molecule has 2 fully saturated rings. The zero-order valence-electron chi connectivity index (χ0n) is 26.2. The third-order valence-corrected chi connectivity index (χ3v) is 10.5. The predicted molar refractivity (Wildman–Crippen MR) is 190 cm³/mol. The maximum absolute atomic E-state index is 12.8. The maximum Gasteiger partial charge on any atom is 0.438 e. The summed E-state index contributed by atoms with van der Waals surface area (Å²) in [5, 5.41) is 5.88. The van der Waals surface area contributed by atoms with Gasteiger partial charge < -0.3 is 9.68 Å². The van der Waals surface area contributed by atoms with E-state index in [-0.39, 0.29) is 11.8 Å². The van der Waals surface area contributed by atoms with Crippen LogP contribution in [-0.2, 0) is 19.3 Å². The van der Waals surface area contributed by atoms with Gasteiger partial charge in [-0.1, -0.05) is 94.9 Å². The lowest BCUT2D eigenvalue weighted by Gasteiger charge is -2.36. The highest BCUT2D eigenvalue weighted by Gasteiger charge is 2.34. The number of piperidine rings is 2. The standard InChI is InChI=1S/C38H36Cl4N2O4/c39-31-9-1-25(2-10-31)35(26-3-11-32(40)12-4-26)29-17-21-43(22-18-29)47-37(45)38(46)48-44-23-19-30(20-24-44)36(27-5-13-33(41)14-6-27)28-7-15-34(42)16-8-28/h1-16,29-30,35-36H,17-24H2.